The topological polar surface area (TPSA) is 96.2 Å². The highest BCUT2D eigenvalue weighted by Crippen LogP contribution is 2.28. The molecule has 28 heavy (non-hydrogen) atoms. The molecule has 1 saturated heterocycles. The van der Waals surface area contributed by atoms with Gasteiger partial charge < -0.3 is 15.3 Å². The molecule has 3 heterocycles. The molecule has 4 rings (SSSR count). The van der Waals surface area contributed by atoms with E-state index in [2.05, 4.69) is 20.4 Å². The first-order chi connectivity index (χ1) is 13.6. The molecule has 0 radical (unpaired) electrons. The van der Waals surface area contributed by atoms with E-state index in [-0.39, 0.29) is 17.6 Å². The zero-order valence-electron chi connectivity index (χ0n) is 16.3. The fourth-order valence-electron chi connectivity index (χ4n) is 4.27. The summed E-state index contributed by atoms with van der Waals surface area (Å²) in [7, 11) is 0. The number of rotatable bonds is 5. The Hall–Kier alpha value is -2.00. The molecule has 3 atom stereocenters. The lowest BCUT2D eigenvalue weighted by Gasteiger charge is -2.37. The van der Waals surface area contributed by atoms with Crippen molar-refractivity contribution >= 4 is 22.3 Å². The minimum Gasteiger partial charge on any atom is -0.391 e. The SMILES string of the molecule is Cc1nnc(NCC2CCCCN2c2ccc(=O)n(C3CCCCC3O)n2)s1. The van der Waals surface area contributed by atoms with Crippen molar-refractivity contribution in [2.45, 2.75) is 70.1 Å². The van der Waals surface area contributed by atoms with Gasteiger partial charge in [0, 0.05) is 25.2 Å². The van der Waals surface area contributed by atoms with Crippen molar-refractivity contribution in [1.82, 2.24) is 20.0 Å². The van der Waals surface area contributed by atoms with Crippen LogP contribution >= 0.6 is 11.3 Å². The van der Waals surface area contributed by atoms with Crippen molar-refractivity contribution in [2.75, 3.05) is 23.3 Å². The van der Waals surface area contributed by atoms with Crippen molar-refractivity contribution < 1.29 is 5.11 Å². The molecule has 9 heteroatoms. The van der Waals surface area contributed by atoms with Gasteiger partial charge in [0.15, 0.2) is 0 Å². The summed E-state index contributed by atoms with van der Waals surface area (Å²) in [6.07, 6.45) is 6.44. The van der Waals surface area contributed by atoms with Gasteiger partial charge in [-0.1, -0.05) is 24.2 Å². The van der Waals surface area contributed by atoms with Crippen molar-refractivity contribution in [3.8, 4) is 0 Å². The summed E-state index contributed by atoms with van der Waals surface area (Å²) in [5.41, 5.74) is -0.134. The second kappa shape index (κ2) is 8.57. The van der Waals surface area contributed by atoms with Crippen LogP contribution in [0.25, 0.3) is 0 Å². The summed E-state index contributed by atoms with van der Waals surface area (Å²) >= 11 is 1.56. The molecule has 1 saturated carbocycles. The van der Waals surface area contributed by atoms with Crippen molar-refractivity contribution in [3.05, 3.63) is 27.5 Å². The Labute approximate surface area is 168 Å². The quantitative estimate of drug-likeness (QED) is 0.790. The van der Waals surface area contributed by atoms with E-state index in [0.717, 1.165) is 67.6 Å². The highest BCUT2D eigenvalue weighted by Gasteiger charge is 2.28. The van der Waals surface area contributed by atoms with Crippen LogP contribution < -0.4 is 15.8 Å². The van der Waals surface area contributed by atoms with Gasteiger partial charge in [0.05, 0.1) is 12.1 Å². The minimum atomic E-state index is -0.492. The lowest BCUT2D eigenvalue weighted by atomic mass is 9.93. The van der Waals surface area contributed by atoms with Crippen LogP contribution in [0, 0.1) is 6.92 Å². The molecule has 3 unspecified atom stereocenters. The van der Waals surface area contributed by atoms with E-state index in [4.69, 9.17) is 5.10 Å². The van der Waals surface area contributed by atoms with Gasteiger partial charge in [0.1, 0.15) is 10.8 Å². The normalized spacial score (nSPS) is 25.6. The molecule has 2 N–H and O–H groups in total. The molecule has 2 fully saturated rings. The number of aliphatic hydroxyl groups is 1. The second-order valence-corrected chi connectivity index (χ2v) is 8.93. The van der Waals surface area contributed by atoms with Crippen molar-refractivity contribution in [3.63, 3.8) is 0 Å². The Morgan fingerprint density at radius 2 is 2.00 bits per heavy atom. The van der Waals surface area contributed by atoms with Crippen molar-refractivity contribution in [1.29, 1.82) is 0 Å². The van der Waals surface area contributed by atoms with Crippen LogP contribution in [-0.2, 0) is 0 Å². The number of aryl methyl sites for hydroxylation is 1. The zero-order valence-corrected chi connectivity index (χ0v) is 17.1. The highest BCUT2D eigenvalue weighted by molar-refractivity contribution is 7.15. The molecule has 0 spiro atoms. The number of nitrogens with zero attached hydrogens (tertiary/aromatic N) is 5. The first-order valence-corrected chi connectivity index (χ1v) is 11.0. The van der Waals surface area contributed by atoms with Crippen LogP contribution in [0.3, 0.4) is 0 Å². The highest BCUT2D eigenvalue weighted by atomic mass is 32.1. The lowest BCUT2D eigenvalue weighted by molar-refractivity contribution is 0.0669. The third kappa shape index (κ3) is 4.20. The smallest absolute Gasteiger partial charge is 0.267 e. The van der Waals surface area contributed by atoms with Crippen LogP contribution in [0.1, 0.15) is 56.0 Å². The van der Waals surface area contributed by atoms with Gasteiger partial charge in [0.25, 0.3) is 5.56 Å². The molecule has 1 aliphatic carbocycles. The van der Waals surface area contributed by atoms with Gasteiger partial charge in [-0.3, -0.25) is 4.79 Å². The van der Waals surface area contributed by atoms with Gasteiger partial charge in [-0.05, 0) is 45.1 Å². The van der Waals surface area contributed by atoms with Gasteiger partial charge in [-0.25, -0.2) is 4.68 Å². The Morgan fingerprint density at radius 1 is 1.18 bits per heavy atom. The van der Waals surface area contributed by atoms with E-state index in [1.807, 2.05) is 13.0 Å². The van der Waals surface area contributed by atoms with Crippen LogP contribution in [0.2, 0.25) is 0 Å². The fraction of sp³-hybridized carbons (Fsp3) is 0.684. The number of nitrogens with one attached hydrogen (secondary N) is 1. The Bertz CT molecular complexity index is 853. The molecule has 2 aliphatic rings. The molecule has 8 nitrogen and oxygen atoms in total. The predicted octanol–water partition coefficient (Wildman–Crippen LogP) is 2.35. The molecule has 0 bridgehead atoms. The number of anilines is 2. The predicted molar refractivity (Wildman–Crippen MR) is 110 cm³/mol. The van der Waals surface area contributed by atoms with Crippen LogP contribution in [0.15, 0.2) is 16.9 Å². The maximum atomic E-state index is 12.4. The van der Waals surface area contributed by atoms with Gasteiger partial charge in [-0.2, -0.15) is 5.10 Å². The number of aliphatic hydroxyl groups excluding tert-OH is 1. The monoisotopic (exact) mass is 404 g/mol. The molecule has 0 amide bonds. The molecule has 152 valence electrons. The van der Waals surface area contributed by atoms with Crippen LogP contribution in [-0.4, -0.2) is 50.3 Å². The summed E-state index contributed by atoms with van der Waals surface area (Å²) < 4.78 is 1.52. The summed E-state index contributed by atoms with van der Waals surface area (Å²) in [6, 6.07) is 3.48. The number of aromatic nitrogens is 4. The lowest BCUT2D eigenvalue weighted by Crippen LogP contribution is -2.45. The van der Waals surface area contributed by atoms with Crippen LogP contribution in [0.5, 0.6) is 0 Å². The summed E-state index contributed by atoms with van der Waals surface area (Å²) in [6.45, 7) is 3.63. The van der Waals surface area contributed by atoms with E-state index in [1.54, 1.807) is 17.4 Å². The average molecular weight is 405 g/mol. The molecule has 2 aromatic rings. The largest absolute Gasteiger partial charge is 0.391 e. The molecule has 1 aliphatic heterocycles. The minimum absolute atomic E-state index is 0.134. The van der Waals surface area contributed by atoms with E-state index in [1.165, 1.54) is 11.1 Å². The van der Waals surface area contributed by atoms with Gasteiger partial charge in [0.2, 0.25) is 5.13 Å². The third-order valence-corrected chi connectivity index (χ3v) is 6.55. The molecular weight excluding hydrogens is 376 g/mol. The number of hydrogen-bond donors (Lipinski definition) is 2. The third-order valence-electron chi connectivity index (χ3n) is 5.76. The molecule has 2 aromatic heterocycles. The van der Waals surface area contributed by atoms with E-state index in [0.29, 0.717) is 0 Å². The Kier molecular flexibility index (Phi) is 5.91. The first kappa shape index (κ1) is 19.3. The van der Waals surface area contributed by atoms with E-state index < -0.39 is 6.10 Å². The standard InChI is InChI=1S/C19H28N6O2S/c1-13-21-22-19(28-13)20-12-14-6-4-5-11-24(14)17-9-10-18(27)25(23-17)15-7-2-3-8-16(15)26/h9-10,14-16,26H,2-8,11-12H2,1H3,(H,20,22). The zero-order chi connectivity index (χ0) is 19.5. The molecular formula is C19H28N6O2S. The van der Waals surface area contributed by atoms with Gasteiger partial charge >= 0.3 is 0 Å². The molecule has 0 aromatic carbocycles. The first-order valence-electron chi connectivity index (χ1n) is 10.2. The van der Waals surface area contributed by atoms with E-state index >= 15 is 0 Å². The van der Waals surface area contributed by atoms with Crippen LogP contribution in [0.4, 0.5) is 10.9 Å². The maximum Gasteiger partial charge on any atom is 0.267 e. The second-order valence-electron chi connectivity index (χ2n) is 7.74. The van der Waals surface area contributed by atoms with Gasteiger partial charge in [-0.15, -0.1) is 10.2 Å². The average Bonchev–Trinajstić information content (AvgIpc) is 3.13. The fourth-order valence-corrected chi connectivity index (χ4v) is 4.87. The number of piperidine rings is 1. The summed E-state index contributed by atoms with van der Waals surface area (Å²) in [5.74, 6) is 0.817. The Balaban J connectivity index is 1.53. The van der Waals surface area contributed by atoms with E-state index in [9.17, 15) is 9.90 Å². The summed E-state index contributed by atoms with van der Waals surface area (Å²) in [4.78, 5) is 14.7. The number of hydrogen-bond acceptors (Lipinski definition) is 8. The summed E-state index contributed by atoms with van der Waals surface area (Å²) in [5, 5.41) is 28.5. The van der Waals surface area contributed by atoms with Crippen molar-refractivity contribution in [2.24, 2.45) is 0 Å². The Morgan fingerprint density at radius 3 is 2.79 bits per heavy atom. The maximum absolute atomic E-state index is 12.4.